The molecule has 1 amide bonds. The summed E-state index contributed by atoms with van der Waals surface area (Å²) in [6.45, 7) is 0. The number of halogens is 2. The molecule has 1 N–H and O–H groups in total. The lowest BCUT2D eigenvalue weighted by Crippen LogP contribution is -2.09. The van der Waals surface area contributed by atoms with Crippen molar-refractivity contribution in [3.63, 3.8) is 0 Å². The lowest BCUT2D eigenvalue weighted by atomic mass is 10.1. The number of carbonyl (C=O) groups is 1. The Morgan fingerprint density at radius 1 is 1.03 bits per heavy atom. The van der Waals surface area contributed by atoms with E-state index in [-0.39, 0.29) is 30.7 Å². The summed E-state index contributed by atoms with van der Waals surface area (Å²) in [5.74, 6) is 1.73. The Morgan fingerprint density at radius 2 is 1.84 bits per heavy atom. The number of pyridine rings is 2. The van der Waals surface area contributed by atoms with Gasteiger partial charge in [0.15, 0.2) is 0 Å². The van der Waals surface area contributed by atoms with Crippen LogP contribution in [0.1, 0.15) is 11.3 Å². The maximum absolute atomic E-state index is 12.4. The number of aromatic nitrogens is 2. The van der Waals surface area contributed by atoms with Crippen LogP contribution in [0.4, 0.5) is 5.69 Å². The number of ether oxygens (including phenoxy) is 2. The number of thioether (sulfide) groups is 1. The molecule has 0 aliphatic carbocycles. The Morgan fingerprint density at radius 3 is 2.55 bits per heavy atom. The lowest BCUT2D eigenvalue weighted by molar-refractivity contribution is -0.111. The molecule has 3 rings (SSSR count). The average Bonchev–Trinajstić information content (AvgIpc) is 2.77. The van der Waals surface area contributed by atoms with Gasteiger partial charge in [0, 0.05) is 35.9 Å². The summed E-state index contributed by atoms with van der Waals surface area (Å²) in [6, 6.07) is 14.8. The first kappa shape index (κ1) is 26.3. The summed E-state index contributed by atoms with van der Waals surface area (Å²) in [7, 11) is 3.17. The Kier molecular flexibility index (Phi) is 11.5. The molecule has 0 aliphatic rings. The number of nitrogens with one attached hydrogen (secondary N) is 1. The summed E-state index contributed by atoms with van der Waals surface area (Å²) >= 11 is 1.52. The van der Waals surface area contributed by atoms with E-state index in [4.69, 9.17) is 9.47 Å². The quantitative estimate of drug-likeness (QED) is 0.349. The number of methoxy groups -OCH3 is 2. The molecular weight excluding hydrogens is 457 g/mol. The van der Waals surface area contributed by atoms with Crippen LogP contribution in [-0.4, -0.2) is 30.1 Å². The lowest BCUT2D eigenvalue weighted by Gasteiger charge is -2.09. The molecular formula is C22H23Cl2N3O3S. The standard InChI is InChI=1S/C22H21N3O3S.2ClH/c1-27-18-10-8-16(20(14-18)28-2)9-11-21(26)25-19-7-5-13-24-22(19)29-15-17-6-3-4-12-23-17;;/h3-14H,15H2,1-2H3,(H,25,26);2*1H/b11-9+;;. The second-order valence-electron chi connectivity index (χ2n) is 5.90. The van der Waals surface area contributed by atoms with E-state index < -0.39 is 0 Å². The van der Waals surface area contributed by atoms with Crippen LogP contribution < -0.4 is 14.8 Å². The number of rotatable bonds is 8. The fourth-order valence-electron chi connectivity index (χ4n) is 2.52. The SMILES string of the molecule is COc1ccc(/C=C/C(=O)Nc2cccnc2SCc2ccccn2)c(OC)c1.Cl.Cl. The first-order chi connectivity index (χ1) is 14.2. The molecule has 3 aromatic rings. The minimum atomic E-state index is -0.254. The van der Waals surface area contributed by atoms with Gasteiger partial charge in [0.2, 0.25) is 5.91 Å². The molecule has 9 heteroatoms. The van der Waals surface area contributed by atoms with Crippen LogP contribution in [0, 0.1) is 0 Å². The van der Waals surface area contributed by atoms with Gasteiger partial charge in [0.1, 0.15) is 16.5 Å². The first-order valence-electron chi connectivity index (χ1n) is 8.88. The highest BCUT2D eigenvalue weighted by atomic mass is 35.5. The summed E-state index contributed by atoms with van der Waals surface area (Å²) < 4.78 is 10.5. The van der Waals surface area contributed by atoms with Gasteiger partial charge in [-0.2, -0.15) is 0 Å². The van der Waals surface area contributed by atoms with Crippen molar-refractivity contribution in [1.82, 2.24) is 9.97 Å². The molecule has 0 bridgehead atoms. The van der Waals surface area contributed by atoms with Crippen LogP contribution in [0.15, 0.2) is 72.0 Å². The number of carbonyl (C=O) groups excluding carboxylic acids is 1. The Bertz CT molecular complexity index is 1000. The average molecular weight is 480 g/mol. The van der Waals surface area contributed by atoms with Gasteiger partial charge in [-0.15, -0.1) is 24.8 Å². The van der Waals surface area contributed by atoms with Crippen molar-refractivity contribution in [3.8, 4) is 11.5 Å². The van der Waals surface area contributed by atoms with Crippen molar-refractivity contribution in [1.29, 1.82) is 0 Å². The molecule has 0 aliphatic heterocycles. The molecule has 0 saturated heterocycles. The predicted octanol–water partition coefficient (Wildman–Crippen LogP) is 5.28. The highest BCUT2D eigenvalue weighted by Gasteiger charge is 2.08. The Hall–Kier alpha value is -2.74. The third kappa shape index (κ3) is 7.79. The number of amides is 1. The Labute approximate surface area is 198 Å². The highest BCUT2D eigenvalue weighted by molar-refractivity contribution is 7.98. The van der Waals surface area contributed by atoms with Crippen molar-refractivity contribution < 1.29 is 14.3 Å². The molecule has 164 valence electrons. The number of nitrogens with zero attached hydrogens (tertiary/aromatic N) is 2. The van der Waals surface area contributed by atoms with Crippen LogP contribution in [0.2, 0.25) is 0 Å². The van der Waals surface area contributed by atoms with E-state index in [1.807, 2.05) is 36.4 Å². The zero-order valence-corrected chi connectivity index (χ0v) is 19.4. The molecule has 31 heavy (non-hydrogen) atoms. The van der Waals surface area contributed by atoms with Crippen molar-refractivity contribution in [2.75, 3.05) is 19.5 Å². The van der Waals surface area contributed by atoms with Crippen molar-refractivity contribution in [2.24, 2.45) is 0 Å². The summed E-state index contributed by atoms with van der Waals surface area (Å²) in [5.41, 5.74) is 2.39. The van der Waals surface area contributed by atoms with E-state index in [1.165, 1.54) is 17.8 Å². The second kappa shape index (κ2) is 13.5. The molecule has 1 aromatic carbocycles. The summed E-state index contributed by atoms with van der Waals surface area (Å²) in [5, 5.41) is 3.62. The third-order valence-corrected chi connectivity index (χ3v) is 5.01. The van der Waals surface area contributed by atoms with Gasteiger partial charge in [-0.3, -0.25) is 9.78 Å². The molecule has 0 unspecified atom stereocenters. The molecule has 0 fully saturated rings. The van der Waals surface area contributed by atoms with Crippen LogP contribution in [0.25, 0.3) is 6.08 Å². The monoisotopic (exact) mass is 479 g/mol. The molecule has 2 aromatic heterocycles. The molecule has 0 spiro atoms. The van der Waals surface area contributed by atoms with E-state index >= 15 is 0 Å². The first-order valence-corrected chi connectivity index (χ1v) is 9.87. The van der Waals surface area contributed by atoms with Crippen LogP contribution in [-0.2, 0) is 10.5 Å². The maximum Gasteiger partial charge on any atom is 0.248 e. The van der Waals surface area contributed by atoms with Gasteiger partial charge in [-0.25, -0.2) is 4.98 Å². The molecule has 0 saturated carbocycles. The second-order valence-corrected chi connectivity index (χ2v) is 6.86. The maximum atomic E-state index is 12.4. The zero-order valence-electron chi connectivity index (χ0n) is 17.0. The smallest absolute Gasteiger partial charge is 0.248 e. The van der Waals surface area contributed by atoms with E-state index in [0.29, 0.717) is 22.9 Å². The van der Waals surface area contributed by atoms with Crippen molar-refractivity contribution >= 4 is 54.2 Å². The third-order valence-electron chi connectivity index (χ3n) is 3.97. The van der Waals surface area contributed by atoms with Crippen LogP contribution in [0.3, 0.4) is 0 Å². The Balaban J connectivity index is 0.00000240. The number of hydrogen-bond donors (Lipinski definition) is 1. The van der Waals surface area contributed by atoms with Crippen molar-refractivity contribution in [2.45, 2.75) is 10.8 Å². The minimum absolute atomic E-state index is 0. The van der Waals surface area contributed by atoms with Crippen LogP contribution in [0.5, 0.6) is 11.5 Å². The van der Waals surface area contributed by atoms with Gasteiger partial charge in [0.25, 0.3) is 0 Å². The fourth-order valence-corrected chi connectivity index (χ4v) is 3.39. The largest absolute Gasteiger partial charge is 0.497 e. The number of hydrogen-bond acceptors (Lipinski definition) is 6. The number of benzene rings is 1. The predicted molar refractivity (Wildman–Crippen MR) is 130 cm³/mol. The molecule has 0 atom stereocenters. The number of anilines is 1. The van der Waals surface area contributed by atoms with E-state index in [9.17, 15) is 4.79 Å². The van der Waals surface area contributed by atoms with Gasteiger partial charge in [-0.05, 0) is 42.5 Å². The van der Waals surface area contributed by atoms with Gasteiger partial charge in [0.05, 0.1) is 25.6 Å². The summed E-state index contributed by atoms with van der Waals surface area (Å²) in [4.78, 5) is 21.1. The fraction of sp³-hybridized carbons (Fsp3) is 0.136. The molecule has 6 nitrogen and oxygen atoms in total. The van der Waals surface area contributed by atoms with E-state index in [0.717, 1.165) is 16.3 Å². The van der Waals surface area contributed by atoms with E-state index in [2.05, 4.69) is 15.3 Å². The normalized spacial score (nSPS) is 10.0. The molecule has 2 heterocycles. The minimum Gasteiger partial charge on any atom is -0.497 e. The van der Waals surface area contributed by atoms with Gasteiger partial charge < -0.3 is 14.8 Å². The van der Waals surface area contributed by atoms with Crippen molar-refractivity contribution in [3.05, 3.63) is 78.3 Å². The van der Waals surface area contributed by atoms with Crippen LogP contribution >= 0.6 is 36.6 Å². The van der Waals surface area contributed by atoms with E-state index in [1.54, 1.807) is 44.8 Å². The van der Waals surface area contributed by atoms with Gasteiger partial charge >= 0.3 is 0 Å². The highest BCUT2D eigenvalue weighted by Crippen LogP contribution is 2.28. The topological polar surface area (TPSA) is 73.3 Å². The molecule has 0 radical (unpaired) electrons. The van der Waals surface area contributed by atoms with Gasteiger partial charge in [-0.1, -0.05) is 17.8 Å². The summed E-state index contributed by atoms with van der Waals surface area (Å²) in [6.07, 6.45) is 6.62. The zero-order chi connectivity index (χ0) is 20.5.